The number of carbonyl (C=O) groups excluding carboxylic acids is 1. The number of thiophene rings is 1. The van der Waals surface area contributed by atoms with Crippen LogP contribution in [0.15, 0.2) is 60.5 Å². The smallest absolute Gasteiger partial charge is 0.393 e. The number of urea groups is 1. The Bertz CT molecular complexity index is 1860. The van der Waals surface area contributed by atoms with E-state index in [4.69, 9.17) is 9.47 Å². The average Bonchev–Trinajstić information content (AvgIpc) is 3.80. The van der Waals surface area contributed by atoms with Gasteiger partial charge in [-0.2, -0.15) is 18.3 Å². The van der Waals surface area contributed by atoms with Crippen molar-refractivity contribution in [2.24, 2.45) is 5.92 Å². The molecule has 14 heteroatoms. The van der Waals surface area contributed by atoms with E-state index in [-0.39, 0.29) is 19.5 Å². The Morgan fingerprint density at radius 2 is 1.98 bits per heavy atom. The molecule has 45 heavy (non-hydrogen) atoms. The van der Waals surface area contributed by atoms with Gasteiger partial charge < -0.3 is 25.0 Å². The zero-order valence-corrected chi connectivity index (χ0v) is 25.5. The molecule has 2 amide bonds. The summed E-state index contributed by atoms with van der Waals surface area (Å²) in [6.45, 7) is 2.11. The maximum absolute atomic E-state index is 13.1. The zero-order chi connectivity index (χ0) is 31.7. The molecule has 5 aromatic rings. The van der Waals surface area contributed by atoms with Crippen LogP contribution in [0, 0.1) is 12.8 Å². The van der Waals surface area contributed by atoms with Gasteiger partial charge in [0.15, 0.2) is 0 Å². The largest absolute Gasteiger partial charge is 0.497 e. The number of benzene rings is 2. The topological polar surface area (TPSA) is 106 Å². The van der Waals surface area contributed by atoms with Crippen LogP contribution in [0.1, 0.15) is 17.5 Å². The fourth-order valence-electron chi connectivity index (χ4n) is 5.30. The highest BCUT2D eigenvalue weighted by Crippen LogP contribution is 2.37. The molecule has 1 aliphatic heterocycles. The van der Waals surface area contributed by atoms with E-state index in [0.29, 0.717) is 29.5 Å². The lowest BCUT2D eigenvalue weighted by Crippen LogP contribution is -2.35. The molecule has 0 bridgehead atoms. The van der Waals surface area contributed by atoms with Crippen LogP contribution in [0.3, 0.4) is 0 Å². The molecule has 1 atom stereocenters. The summed E-state index contributed by atoms with van der Waals surface area (Å²) in [6.07, 6.45) is 0.729. The van der Waals surface area contributed by atoms with Crippen molar-refractivity contribution in [2.45, 2.75) is 26.1 Å². The van der Waals surface area contributed by atoms with E-state index >= 15 is 0 Å². The minimum Gasteiger partial charge on any atom is -0.497 e. The summed E-state index contributed by atoms with van der Waals surface area (Å²) < 4.78 is 52.6. The van der Waals surface area contributed by atoms with Crippen LogP contribution in [0.5, 0.6) is 11.5 Å². The highest BCUT2D eigenvalue weighted by Gasteiger charge is 2.44. The van der Waals surface area contributed by atoms with E-state index in [2.05, 4.69) is 25.7 Å². The van der Waals surface area contributed by atoms with E-state index in [9.17, 15) is 18.0 Å². The van der Waals surface area contributed by atoms with Crippen LogP contribution in [-0.4, -0.2) is 64.2 Å². The quantitative estimate of drug-likeness (QED) is 0.191. The molecule has 0 radical (unpaired) electrons. The van der Waals surface area contributed by atoms with Crippen LogP contribution >= 0.6 is 11.3 Å². The first-order valence-electron chi connectivity index (χ1n) is 14.1. The average molecular weight is 638 g/mol. The number of fused-ring (bicyclic) bond motifs is 1. The third kappa shape index (κ3) is 6.23. The van der Waals surface area contributed by atoms with E-state index in [1.165, 1.54) is 22.6 Å². The molecule has 1 unspecified atom stereocenters. The number of rotatable bonds is 8. The zero-order valence-electron chi connectivity index (χ0n) is 24.7. The third-order valence-electron chi connectivity index (χ3n) is 7.83. The van der Waals surface area contributed by atoms with Crippen molar-refractivity contribution < 1.29 is 27.4 Å². The van der Waals surface area contributed by atoms with Gasteiger partial charge in [0.05, 0.1) is 42.2 Å². The Morgan fingerprint density at radius 1 is 1.13 bits per heavy atom. The van der Waals surface area contributed by atoms with Gasteiger partial charge in [0, 0.05) is 59.7 Å². The van der Waals surface area contributed by atoms with E-state index in [1.54, 1.807) is 37.2 Å². The molecule has 1 aliphatic rings. The van der Waals surface area contributed by atoms with Crippen molar-refractivity contribution in [1.82, 2.24) is 24.6 Å². The van der Waals surface area contributed by atoms with Gasteiger partial charge in [0.25, 0.3) is 0 Å². The Balaban J connectivity index is 1.19. The van der Waals surface area contributed by atoms with Crippen molar-refractivity contribution in [2.75, 3.05) is 37.9 Å². The van der Waals surface area contributed by atoms with Crippen molar-refractivity contribution in [3.05, 3.63) is 71.6 Å². The Labute approximate surface area is 260 Å². The SMILES string of the molecule is COc1ccc(CNc2ncnc3c(-c4cnn(-c5cc(NC(=O)N6CCC(C(F)(F)F)C6)ccc5C)c4)csc23)c(OC)c1. The van der Waals surface area contributed by atoms with Gasteiger partial charge in [-0.05, 0) is 43.2 Å². The van der Waals surface area contributed by atoms with Crippen LogP contribution < -0.4 is 20.1 Å². The summed E-state index contributed by atoms with van der Waals surface area (Å²) in [5, 5.41) is 12.7. The Kier molecular flexibility index (Phi) is 8.23. The lowest BCUT2D eigenvalue weighted by atomic mass is 10.1. The number of nitrogens with one attached hydrogen (secondary N) is 2. The van der Waals surface area contributed by atoms with Crippen molar-refractivity contribution in [1.29, 1.82) is 0 Å². The standard InChI is InChI=1S/C31H30F3N7O3S/c1-18-4-6-22(39-30(42)40-9-8-21(15-40)31(32,33)34)10-25(18)41-14-20(13-38-41)24-16-45-28-27(24)36-17-37-29(28)35-12-19-5-7-23(43-2)11-26(19)44-3/h4-7,10-11,13-14,16-17,21H,8-9,12,15H2,1-3H3,(H,39,42)(H,35,36,37). The molecule has 0 spiro atoms. The normalized spacial score (nSPS) is 15.0. The third-order valence-corrected chi connectivity index (χ3v) is 8.81. The van der Waals surface area contributed by atoms with Gasteiger partial charge in [-0.1, -0.05) is 6.07 Å². The van der Waals surface area contributed by atoms with Gasteiger partial charge in [-0.3, -0.25) is 0 Å². The van der Waals surface area contributed by atoms with E-state index in [0.717, 1.165) is 38.2 Å². The lowest BCUT2D eigenvalue weighted by molar-refractivity contribution is -0.169. The van der Waals surface area contributed by atoms with Gasteiger partial charge in [0.2, 0.25) is 0 Å². The molecular formula is C31H30F3N7O3S. The van der Waals surface area contributed by atoms with E-state index < -0.39 is 18.1 Å². The predicted octanol–water partition coefficient (Wildman–Crippen LogP) is 6.90. The minimum atomic E-state index is -4.31. The Hall–Kier alpha value is -4.85. The number of hydrogen-bond acceptors (Lipinski definition) is 8. The number of anilines is 2. The number of ether oxygens (including phenoxy) is 2. The Morgan fingerprint density at radius 3 is 2.73 bits per heavy atom. The number of hydrogen-bond donors (Lipinski definition) is 2. The summed E-state index contributed by atoms with van der Waals surface area (Å²) >= 11 is 1.52. The summed E-state index contributed by atoms with van der Waals surface area (Å²) in [7, 11) is 3.22. The molecule has 2 N–H and O–H groups in total. The highest BCUT2D eigenvalue weighted by molar-refractivity contribution is 7.18. The van der Waals surface area contributed by atoms with Gasteiger partial charge in [0.1, 0.15) is 23.6 Å². The second-order valence-corrected chi connectivity index (χ2v) is 11.5. The molecular weight excluding hydrogens is 607 g/mol. The molecule has 234 valence electrons. The monoisotopic (exact) mass is 637 g/mol. The maximum Gasteiger partial charge on any atom is 0.393 e. The lowest BCUT2D eigenvalue weighted by Gasteiger charge is -2.19. The number of carbonyl (C=O) groups is 1. The number of aryl methyl sites for hydroxylation is 1. The van der Waals surface area contributed by atoms with E-state index in [1.807, 2.05) is 42.8 Å². The molecule has 6 rings (SSSR count). The fourth-order valence-corrected chi connectivity index (χ4v) is 6.29. The molecule has 4 heterocycles. The van der Waals surface area contributed by atoms with Crippen molar-refractivity contribution >= 4 is 39.1 Å². The first-order chi connectivity index (χ1) is 21.6. The maximum atomic E-state index is 13.1. The molecule has 0 saturated carbocycles. The molecule has 0 aliphatic carbocycles. The van der Waals surface area contributed by atoms with Crippen LogP contribution in [-0.2, 0) is 6.54 Å². The molecule has 1 saturated heterocycles. The second kappa shape index (κ2) is 12.3. The minimum absolute atomic E-state index is 0.0578. The number of aromatic nitrogens is 4. The number of alkyl halides is 3. The summed E-state index contributed by atoms with van der Waals surface area (Å²) in [6, 6.07) is 10.4. The summed E-state index contributed by atoms with van der Waals surface area (Å²) in [5.41, 5.74) is 5.54. The van der Waals surface area contributed by atoms with Crippen LogP contribution in [0.25, 0.3) is 27.0 Å². The molecule has 1 fully saturated rings. The number of halogens is 3. The molecule has 2 aromatic carbocycles. The molecule has 10 nitrogen and oxygen atoms in total. The highest BCUT2D eigenvalue weighted by atomic mass is 32.1. The van der Waals surface area contributed by atoms with Crippen LogP contribution in [0.2, 0.25) is 0 Å². The fraction of sp³-hybridized carbons (Fsp3) is 0.290. The first kappa shape index (κ1) is 30.2. The molecule has 3 aromatic heterocycles. The summed E-state index contributed by atoms with van der Waals surface area (Å²) in [4.78, 5) is 22.9. The van der Waals surface area contributed by atoms with Gasteiger partial charge in [-0.15, -0.1) is 11.3 Å². The summed E-state index contributed by atoms with van der Waals surface area (Å²) in [5.74, 6) is 0.610. The predicted molar refractivity (Wildman–Crippen MR) is 166 cm³/mol. The van der Waals surface area contributed by atoms with Crippen molar-refractivity contribution in [3.8, 4) is 28.3 Å². The number of methoxy groups -OCH3 is 2. The number of amides is 2. The van der Waals surface area contributed by atoms with Gasteiger partial charge >= 0.3 is 12.2 Å². The van der Waals surface area contributed by atoms with Gasteiger partial charge in [-0.25, -0.2) is 19.4 Å². The number of likely N-dealkylation sites (tertiary alicyclic amines) is 1. The number of nitrogens with zero attached hydrogens (tertiary/aromatic N) is 5. The van der Waals surface area contributed by atoms with Crippen LogP contribution in [0.4, 0.5) is 29.5 Å². The van der Waals surface area contributed by atoms with Crippen molar-refractivity contribution in [3.63, 3.8) is 0 Å². The first-order valence-corrected chi connectivity index (χ1v) is 15.0. The second-order valence-electron chi connectivity index (χ2n) is 10.7.